The second-order valence-electron chi connectivity index (χ2n) is 5.94. The number of hydrogen-bond donors (Lipinski definition) is 2. The van der Waals surface area contributed by atoms with Crippen LogP contribution in [0.2, 0.25) is 0 Å². The van der Waals surface area contributed by atoms with Gasteiger partial charge in [-0.3, -0.25) is 19.6 Å². The summed E-state index contributed by atoms with van der Waals surface area (Å²) in [6.07, 6.45) is 5.71. The van der Waals surface area contributed by atoms with Gasteiger partial charge in [-0.05, 0) is 35.9 Å². The molecule has 0 fully saturated rings. The van der Waals surface area contributed by atoms with Crippen molar-refractivity contribution in [1.82, 2.24) is 9.97 Å². The van der Waals surface area contributed by atoms with Gasteiger partial charge in [0.05, 0.1) is 11.8 Å². The van der Waals surface area contributed by atoms with E-state index >= 15 is 0 Å². The Hall–Kier alpha value is -3.61. The topological polar surface area (TPSA) is 107 Å². The van der Waals surface area contributed by atoms with Crippen molar-refractivity contribution in [2.45, 2.75) is 5.40 Å². The molecule has 3 rings (SSSR count). The highest BCUT2D eigenvalue weighted by molar-refractivity contribution is 6.39. The summed E-state index contributed by atoms with van der Waals surface area (Å²) in [7, 11) is 12.2. The smallest absolute Gasteiger partial charge is 0.255 e. The number of hydrogen-bond acceptors (Lipinski definition) is 5. The standard InChI is InChI=1S/C19H14B2N4O3/c20-19(21,28-16-8-13(17(22)26)10-24-11-16)14-2-1-3-15(9-14)25-18(27)12-4-6-23-7-5-12/h1-11H,(H2,22,26)(H,25,27). The molecule has 0 unspecified atom stereocenters. The molecular weight excluding hydrogens is 354 g/mol. The van der Waals surface area contributed by atoms with E-state index in [2.05, 4.69) is 15.3 Å². The summed E-state index contributed by atoms with van der Waals surface area (Å²) >= 11 is 0. The van der Waals surface area contributed by atoms with E-state index in [0.717, 1.165) is 0 Å². The first kappa shape index (κ1) is 19.2. The van der Waals surface area contributed by atoms with Crippen molar-refractivity contribution >= 4 is 33.2 Å². The third kappa shape index (κ3) is 4.56. The lowest BCUT2D eigenvalue weighted by molar-refractivity contribution is 0.0996. The van der Waals surface area contributed by atoms with Gasteiger partial charge in [-0.15, -0.1) is 0 Å². The quantitative estimate of drug-likeness (QED) is 0.639. The molecule has 9 heteroatoms. The maximum Gasteiger partial charge on any atom is 0.255 e. The molecule has 28 heavy (non-hydrogen) atoms. The van der Waals surface area contributed by atoms with Crippen LogP contribution in [0, 0.1) is 0 Å². The maximum absolute atomic E-state index is 12.3. The number of amides is 2. The third-order valence-corrected chi connectivity index (χ3v) is 3.80. The van der Waals surface area contributed by atoms with Crippen molar-refractivity contribution in [3.8, 4) is 5.75 Å². The van der Waals surface area contributed by atoms with Crippen LogP contribution in [-0.2, 0) is 5.40 Å². The van der Waals surface area contributed by atoms with Crippen molar-refractivity contribution in [2.75, 3.05) is 5.32 Å². The third-order valence-electron chi connectivity index (χ3n) is 3.80. The van der Waals surface area contributed by atoms with Crippen LogP contribution < -0.4 is 15.8 Å². The molecule has 7 nitrogen and oxygen atoms in total. The van der Waals surface area contributed by atoms with E-state index in [4.69, 9.17) is 26.2 Å². The molecule has 0 saturated carbocycles. The number of nitrogens with zero attached hydrogens (tertiary/aromatic N) is 2. The Kier molecular flexibility index (Phi) is 5.44. The Bertz CT molecular complexity index is 1010. The second kappa shape index (κ2) is 7.96. The van der Waals surface area contributed by atoms with Gasteiger partial charge < -0.3 is 15.8 Å². The molecule has 3 N–H and O–H groups in total. The number of aromatic nitrogens is 2. The second-order valence-corrected chi connectivity index (χ2v) is 5.94. The van der Waals surface area contributed by atoms with Crippen LogP contribution in [-0.4, -0.2) is 37.5 Å². The number of nitrogens with one attached hydrogen (secondary N) is 1. The highest BCUT2D eigenvalue weighted by Gasteiger charge is 2.23. The van der Waals surface area contributed by atoms with Gasteiger partial charge in [0.25, 0.3) is 5.91 Å². The Labute approximate surface area is 164 Å². The Morgan fingerprint density at radius 3 is 2.46 bits per heavy atom. The van der Waals surface area contributed by atoms with Crippen LogP contribution in [0.25, 0.3) is 0 Å². The van der Waals surface area contributed by atoms with E-state index in [1.807, 2.05) is 0 Å². The molecule has 0 aliphatic rings. The highest BCUT2D eigenvalue weighted by atomic mass is 16.5. The molecule has 0 aliphatic heterocycles. The molecule has 3 aromatic rings. The number of ether oxygens (including phenoxy) is 1. The van der Waals surface area contributed by atoms with Crippen molar-refractivity contribution in [3.05, 3.63) is 83.9 Å². The molecule has 0 saturated heterocycles. The monoisotopic (exact) mass is 368 g/mol. The van der Waals surface area contributed by atoms with E-state index in [-0.39, 0.29) is 17.2 Å². The summed E-state index contributed by atoms with van der Waals surface area (Å²) in [5.41, 5.74) is 6.72. The number of primary amides is 1. The fraction of sp³-hybridized carbons (Fsp3) is 0.0526. The van der Waals surface area contributed by atoms with Crippen molar-refractivity contribution in [2.24, 2.45) is 5.73 Å². The van der Waals surface area contributed by atoms with Gasteiger partial charge in [0.2, 0.25) is 5.91 Å². The van der Waals surface area contributed by atoms with Crippen LogP contribution in [0.5, 0.6) is 5.75 Å². The minimum atomic E-state index is -1.74. The minimum Gasteiger partial charge on any atom is -0.501 e. The normalized spacial score (nSPS) is 10.9. The first-order valence-corrected chi connectivity index (χ1v) is 8.19. The average molecular weight is 368 g/mol. The van der Waals surface area contributed by atoms with Gasteiger partial charge in [0.15, 0.2) is 0 Å². The Balaban J connectivity index is 1.79. The van der Waals surface area contributed by atoms with Gasteiger partial charge in [-0.25, -0.2) is 0 Å². The number of nitrogens with two attached hydrogens (primary N) is 1. The fourth-order valence-electron chi connectivity index (χ4n) is 2.41. The SMILES string of the molecule is [B]C([B])(Oc1cncc(C(N)=O)c1)c1cccc(NC(=O)c2ccncc2)c1. The molecule has 1 aromatic carbocycles. The molecule has 0 bridgehead atoms. The molecule has 134 valence electrons. The summed E-state index contributed by atoms with van der Waals surface area (Å²) in [5.74, 6) is -0.788. The van der Waals surface area contributed by atoms with Crippen molar-refractivity contribution < 1.29 is 14.3 Å². The van der Waals surface area contributed by atoms with Gasteiger partial charge >= 0.3 is 0 Å². The van der Waals surface area contributed by atoms with E-state index in [9.17, 15) is 9.59 Å². The number of carbonyl (C=O) groups is 2. The molecule has 0 atom stereocenters. The van der Waals surface area contributed by atoms with Crippen molar-refractivity contribution in [1.29, 1.82) is 0 Å². The molecular formula is C19H14B2N4O3. The van der Waals surface area contributed by atoms with Gasteiger partial charge in [0.1, 0.15) is 21.4 Å². The number of pyridine rings is 2. The fourth-order valence-corrected chi connectivity index (χ4v) is 2.41. The van der Waals surface area contributed by atoms with Crippen LogP contribution in [0.1, 0.15) is 26.3 Å². The summed E-state index contributed by atoms with van der Waals surface area (Å²) in [4.78, 5) is 31.3. The molecule has 0 aliphatic carbocycles. The minimum absolute atomic E-state index is 0.159. The summed E-state index contributed by atoms with van der Waals surface area (Å²) in [6.45, 7) is 0. The summed E-state index contributed by atoms with van der Waals surface area (Å²) in [5, 5.41) is 1.01. The van der Waals surface area contributed by atoms with E-state index in [0.29, 0.717) is 16.8 Å². The van der Waals surface area contributed by atoms with Gasteiger partial charge in [0, 0.05) is 35.2 Å². The maximum atomic E-state index is 12.3. The summed E-state index contributed by atoms with van der Waals surface area (Å²) < 4.78 is 5.59. The van der Waals surface area contributed by atoms with Crippen LogP contribution in [0.3, 0.4) is 0 Å². The van der Waals surface area contributed by atoms with Crippen LogP contribution in [0.4, 0.5) is 5.69 Å². The first-order chi connectivity index (χ1) is 13.3. The molecule has 2 heterocycles. The average Bonchev–Trinajstić information content (AvgIpc) is 2.68. The first-order valence-electron chi connectivity index (χ1n) is 8.19. The van der Waals surface area contributed by atoms with Crippen molar-refractivity contribution in [3.63, 3.8) is 0 Å². The molecule has 2 aromatic heterocycles. The lowest BCUT2D eigenvalue weighted by atomic mass is 9.61. The zero-order valence-electron chi connectivity index (χ0n) is 14.7. The number of rotatable bonds is 6. The lowest BCUT2D eigenvalue weighted by Gasteiger charge is -2.29. The molecule has 0 spiro atoms. The highest BCUT2D eigenvalue weighted by Crippen LogP contribution is 2.25. The lowest BCUT2D eigenvalue weighted by Crippen LogP contribution is -2.34. The van der Waals surface area contributed by atoms with E-state index in [1.54, 1.807) is 36.4 Å². The van der Waals surface area contributed by atoms with E-state index < -0.39 is 11.3 Å². The Morgan fingerprint density at radius 1 is 1.00 bits per heavy atom. The largest absolute Gasteiger partial charge is 0.501 e. The predicted octanol–water partition coefficient (Wildman–Crippen LogP) is 1.35. The van der Waals surface area contributed by atoms with Gasteiger partial charge in [-0.1, -0.05) is 12.1 Å². The number of carbonyl (C=O) groups excluding carboxylic acids is 2. The van der Waals surface area contributed by atoms with E-state index in [1.165, 1.54) is 30.9 Å². The number of anilines is 1. The molecule has 4 radical (unpaired) electrons. The number of benzene rings is 1. The zero-order valence-corrected chi connectivity index (χ0v) is 14.7. The zero-order chi connectivity index (χ0) is 20.1. The summed E-state index contributed by atoms with van der Waals surface area (Å²) in [6, 6.07) is 11.2. The molecule has 2 amide bonds. The Morgan fingerprint density at radius 2 is 1.75 bits per heavy atom. The van der Waals surface area contributed by atoms with Crippen LogP contribution in [0.15, 0.2) is 67.3 Å². The van der Waals surface area contributed by atoms with Crippen LogP contribution >= 0.6 is 0 Å². The predicted molar refractivity (Wildman–Crippen MR) is 105 cm³/mol. The van der Waals surface area contributed by atoms with Gasteiger partial charge in [-0.2, -0.15) is 0 Å².